The fraction of sp³-hybridized carbons (Fsp3) is 0.700. The molecule has 0 spiro atoms. The predicted molar refractivity (Wildman–Crippen MR) is 99.3 cm³/mol. The molecule has 0 aromatic heterocycles. The van der Waals surface area contributed by atoms with Gasteiger partial charge < -0.3 is 20.1 Å². The second kappa shape index (κ2) is 8.95. The minimum Gasteiger partial charge on any atom is -0.389 e. The Kier molecular flexibility index (Phi) is 7.23. The van der Waals surface area contributed by atoms with E-state index in [0.717, 1.165) is 39.0 Å². The molecule has 2 rings (SSSR count). The molecule has 1 atom stereocenters. The average molecular weight is 335 g/mol. The van der Waals surface area contributed by atoms with Crippen molar-refractivity contribution in [3.63, 3.8) is 0 Å². The summed E-state index contributed by atoms with van der Waals surface area (Å²) in [6.45, 7) is 10.9. The molecule has 1 heterocycles. The Labute approximate surface area is 147 Å². The quantitative estimate of drug-likeness (QED) is 0.804. The number of aliphatic hydroxyl groups is 1. The monoisotopic (exact) mass is 334 g/mol. The molecule has 1 fully saturated rings. The third-order valence-corrected chi connectivity index (χ3v) is 4.83. The maximum atomic E-state index is 9.82. The number of hydrogen-bond donors (Lipinski definition) is 2. The molecule has 0 aliphatic carbocycles. The second-order valence-electron chi connectivity index (χ2n) is 8.01. The molecule has 1 unspecified atom stereocenters. The van der Waals surface area contributed by atoms with E-state index in [9.17, 15) is 5.11 Å². The first-order chi connectivity index (χ1) is 11.4. The van der Waals surface area contributed by atoms with Gasteiger partial charge in [-0.05, 0) is 42.5 Å². The molecule has 24 heavy (non-hydrogen) atoms. The average Bonchev–Trinajstić information content (AvgIpc) is 2.54. The van der Waals surface area contributed by atoms with Gasteiger partial charge >= 0.3 is 0 Å². The van der Waals surface area contributed by atoms with Crippen LogP contribution in [-0.2, 0) is 16.7 Å². The summed E-state index contributed by atoms with van der Waals surface area (Å²) in [5, 5.41) is 13.5. The number of piperidine rings is 1. The van der Waals surface area contributed by atoms with Crippen molar-refractivity contribution in [3.8, 4) is 0 Å². The zero-order chi connectivity index (χ0) is 17.6. The van der Waals surface area contributed by atoms with Crippen molar-refractivity contribution in [2.75, 3.05) is 33.4 Å². The number of methoxy groups -OCH3 is 1. The second-order valence-corrected chi connectivity index (χ2v) is 8.01. The number of aliphatic hydroxyl groups excluding tert-OH is 1. The molecule has 1 aromatic rings. The minimum atomic E-state index is -0.374. The Balaban J connectivity index is 1.71. The lowest BCUT2D eigenvalue weighted by Gasteiger charge is -2.33. The highest BCUT2D eigenvalue weighted by molar-refractivity contribution is 5.27. The van der Waals surface area contributed by atoms with Gasteiger partial charge in [0, 0.05) is 26.2 Å². The van der Waals surface area contributed by atoms with Crippen LogP contribution in [0.3, 0.4) is 0 Å². The third-order valence-electron chi connectivity index (χ3n) is 4.83. The van der Waals surface area contributed by atoms with Crippen molar-refractivity contribution in [2.45, 2.75) is 57.7 Å². The summed E-state index contributed by atoms with van der Waals surface area (Å²) in [5.74, 6) is 0. The molecule has 1 aliphatic rings. The zero-order valence-electron chi connectivity index (χ0n) is 15.7. The van der Waals surface area contributed by atoms with Gasteiger partial charge in [-0.3, -0.25) is 0 Å². The lowest BCUT2D eigenvalue weighted by Crippen LogP contribution is -2.45. The maximum absolute atomic E-state index is 9.82. The molecule has 0 radical (unpaired) electrons. The molecule has 0 amide bonds. The number of benzene rings is 1. The van der Waals surface area contributed by atoms with Gasteiger partial charge in [-0.1, -0.05) is 45.0 Å². The highest BCUT2D eigenvalue weighted by atomic mass is 16.5. The maximum Gasteiger partial charge on any atom is 0.0900 e. The number of nitrogens with zero attached hydrogens (tertiary/aromatic N) is 1. The van der Waals surface area contributed by atoms with Crippen molar-refractivity contribution in [2.24, 2.45) is 0 Å². The van der Waals surface area contributed by atoms with Crippen LogP contribution in [0.25, 0.3) is 0 Å². The van der Waals surface area contributed by atoms with Crippen molar-refractivity contribution >= 4 is 0 Å². The fourth-order valence-corrected chi connectivity index (χ4v) is 3.25. The van der Waals surface area contributed by atoms with Crippen LogP contribution in [0.5, 0.6) is 0 Å². The number of ether oxygens (including phenoxy) is 1. The number of hydrogen-bond acceptors (Lipinski definition) is 4. The molecular formula is C20H34N2O2. The van der Waals surface area contributed by atoms with Gasteiger partial charge in [-0.2, -0.15) is 0 Å². The lowest BCUT2D eigenvalue weighted by molar-refractivity contribution is 0.0310. The first-order valence-corrected chi connectivity index (χ1v) is 9.10. The zero-order valence-corrected chi connectivity index (χ0v) is 15.7. The summed E-state index contributed by atoms with van der Waals surface area (Å²) in [4.78, 5) is 2.33. The van der Waals surface area contributed by atoms with Crippen LogP contribution in [0.2, 0.25) is 0 Å². The molecule has 1 aromatic carbocycles. The van der Waals surface area contributed by atoms with Gasteiger partial charge in [-0.25, -0.2) is 0 Å². The Morgan fingerprint density at radius 3 is 2.38 bits per heavy atom. The summed E-state index contributed by atoms with van der Waals surface area (Å²) in [5.41, 5.74) is 2.95. The van der Waals surface area contributed by atoms with E-state index in [0.29, 0.717) is 12.6 Å². The van der Waals surface area contributed by atoms with Gasteiger partial charge in [0.15, 0.2) is 0 Å². The summed E-state index contributed by atoms with van der Waals surface area (Å²) in [7, 11) is 1.63. The molecule has 1 aliphatic heterocycles. The van der Waals surface area contributed by atoms with Crippen LogP contribution in [0.4, 0.5) is 0 Å². The van der Waals surface area contributed by atoms with Crippen LogP contribution in [0.1, 0.15) is 44.7 Å². The fourth-order valence-electron chi connectivity index (χ4n) is 3.25. The normalized spacial score (nSPS) is 18.7. The SMILES string of the molecule is COCC(O)CN1CCC(NCc2ccc(C(C)(C)C)cc2)CC1. The first kappa shape index (κ1) is 19.4. The minimum absolute atomic E-state index is 0.214. The highest BCUT2D eigenvalue weighted by Crippen LogP contribution is 2.22. The smallest absolute Gasteiger partial charge is 0.0900 e. The van der Waals surface area contributed by atoms with E-state index >= 15 is 0 Å². The van der Waals surface area contributed by atoms with Gasteiger partial charge in [0.2, 0.25) is 0 Å². The molecule has 4 nitrogen and oxygen atoms in total. The van der Waals surface area contributed by atoms with E-state index in [1.807, 2.05) is 0 Å². The third kappa shape index (κ3) is 6.17. The first-order valence-electron chi connectivity index (χ1n) is 9.10. The number of β-amino-alcohol motifs (C(OH)–C–C–N with tert-alkyl or cyclic N) is 1. The van der Waals surface area contributed by atoms with Crippen molar-refractivity contribution in [3.05, 3.63) is 35.4 Å². The lowest BCUT2D eigenvalue weighted by atomic mass is 9.87. The Bertz CT molecular complexity index is 473. The summed E-state index contributed by atoms with van der Waals surface area (Å²) in [6.07, 6.45) is 1.90. The molecule has 1 saturated heterocycles. The van der Waals surface area contributed by atoms with Crippen LogP contribution >= 0.6 is 0 Å². The largest absolute Gasteiger partial charge is 0.389 e. The van der Waals surface area contributed by atoms with Crippen LogP contribution in [0, 0.1) is 0 Å². The van der Waals surface area contributed by atoms with E-state index in [2.05, 4.69) is 55.3 Å². The van der Waals surface area contributed by atoms with Gasteiger partial charge in [0.25, 0.3) is 0 Å². The molecule has 0 saturated carbocycles. The van der Waals surface area contributed by atoms with E-state index in [1.54, 1.807) is 7.11 Å². The highest BCUT2D eigenvalue weighted by Gasteiger charge is 2.20. The van der Waals surface area contributed by atoms with Gasteiger partial charge in [0.05, 0.1) is 12.7 Å². The van der Waals surface area contributed by atoms with E-state index in [1.165, 1.54) is 11.1 Å². The summed E-state index contributed by atoms with van der Waals surface area (Å²) < 4.78 is 4.99. The molecule has 136 valence electrons. The van der Waals surface area contributed by atoms with Crippen LogP contribution < -0.4 is 5.32 Å². The van der Waals surface area contributed by atoms with Crippen LogP contribution in [0.15, 0.2) is 24.3 Å². The van der Waals surface area contributed by atoms with E-state index in [-0.39, 0.29) is 11.5 Å². The Morgan fingerprint density at radius 2 is 1.83 bits per heavy atom. The summed E-state index contributed by atoms with van der Waals surface area (Å²) >= 11 is 0. The topological polar surface area (TPSA) is 44.7 Å². The van der Waals surface area contributed by atoms with Crippen molar-refractivity contribution in [1.82, 2.24) is 10.2 Å². The number of nitrogens with one attached hydrogen (secondary N) is 1. The molecular weight excluding hydrogens is 300 g/mol. The standard InChI is InChI=1S/C20H34N2O2/c1-20(2,3)17-7-5-16(6-8-17)13-21-18-9-11-22(12-10-18)14-19(23)15-24-4/h5-8,18-19,21,23H,9-15H2,1-4H3. The number of likely N-dealkylation sites (tertiary alicyclic amines) is 1. The van der Waals surface area contributed by atoms with Gasteiger partial charge in [0.1, 0.15) is 0 Å². The number of rotatable bonds is 7. The summed E-state index contributed by atoms with van der Waals surface area (Å²) in [6, 6.07) is 9.55. The molecule has 0 bridgehead atoms. The predicted octanol–water partition coefficient (Wildman–Crippen LogP) is 2.55. The van der Waals surface area contributed by atoms with Gasteiger partial charge in [-0.15, -0.1) is 0 Å². The Hall–Kier alpha value is -0.940. The molecule has 2 N–H and O–H groups in total. The Morgan fingerprint density at radius 1 is 1.21 bits per heavy atom. The van der Waals surface area contributed by atoms with E-state index in [4.69, 9.17) is 4.74 Å². The van der Waals surface area contributed by atoms with Crippen molar-refractivity contribution < 1.29 is 9.84 Å². The van der Waals surface area contributed by atoms with Crippen LogP contribution in [-0.4, -0.2) is 55.5 Å². The van der Waals surface area contributed by atoms with E-state index < -0.39 is 0 Å². The van der Waals surface area contributed by atoms with Crippen molar-refractivity contribution in [1.29, 1.82) is 0 Å². The molecule has 4 heteroatoms.